The van der Waals surface area contributed by atoms with Gasteiger partial charge in [0.05, 0.1) is 19.4 Å². The van der Waals surface area contributed by atoms with Crippen molar-refractivity contribution in [2.24, 2.45) is 0 Å². The number of rotatable bonds is 2. The van der Waals surface area contributed by atoms with Gasteiger partial charge in [0.25, 0.3) is 0 Å². The predicted molar refractivity (Wildman–Crippen MR) is 52.2 cm³/mol. The first-order valence-electron chi connectivity index (χ1n) is 3.81. The van der Waals surface area contributed by atoms with Gasteiger partial charge in [-0.3, -0.25) is 0 Å². The lowest BCUT2D eigenvalue weighted by Gasteiger charge is -2.27. The van der Waals surface area contributed by atoms with Crippen LogP contribution in [0.2, 0.25) is 5.02 Å². The summed E-state index contributed by atoms with van der Waals surface area (Å²) in [5.74, 6) is 0.650. The third-order valence-corrected chi connectivity index (χ3v) is 2.41. The van der Waals surface area contributed by atoms with E-state index in [0.717, 1.165) is 0 Å². The summed E-state index contributed by atoms with van der Waals surface area (Å²) < 4.78 is 11.2. The Morgan fingerprint density at radius 3 is 3.00 bits per heavy atom. The van der Waals surface area contributed by atoms with Gasteiger partial charge in [-0.15, -0.1) is 0 Å². The van der Waals surface area contributed by atoms with Gasteiger partial charge in [-0.05, 0) is 15.9 Å². The van der Waals surface area contributed by atoms with Crippen LogP contribution < -0.4 is 4.74 Å². The monoisotopic (exact) mass is 263 g/mol. The SMILES string of the molecule is Clc1cnc(Br)cc1OC1COC1. The number of aromatic nitrogens is 1. The lowest BCUT2D eigenvalue weighted by molar-refractivity contribution is -0.0796. The molecule has 0 saturated carbocycles. The second kappa shape index (κ2) is 3.82. The number of halogens is 2. The second-order valence-electron chi connectivity index (χ2n) is 2.71. The van der Waals surface area contributed by atoms with Gasteiger partial charge < -0.3 is 9.47 Å². The van der Waals surface area contributed by atoms with Crippen LogP contribution in [0, 0.1) is 0 Å². The fourth-order valence-corrected chi connectivity index (χ4v) is 1.41. The minimum atomic E-state index is 0.131. The summed E-state index contributed by atoms with van der Waals surface area (Å²) in [5.41, 5.74) is 0. The highest BCUT2D eigenvalue weighted by Crippen LogP contribution is 2.27. The number of nitrogens with zero attached hydrogens (tertiary/aromatic N) is 1. The van der Waals surface area contributed by atoms with Crippen LogP contribution in [0.1, 0.15) is 0 Å². The summed E-state index contributed by atoms with van der Waals surface area (Å²) in [6.45, 7) is 1.27. The zero-order valence-corrected chi connectivity index (χ0v) is 9.01. The van der Waals surface area contributed by atoms with Crippen LogP contribution in [0.4, 0.5) is 0 Å². The van der Waals surface area contributed by atoms with Crippen molar-refractivity contribution in [1.29, 1.82) is 0 Å². The van der Waals surface area contributed by atoms with Crippen LogP contribution in [0.5, 0.6) is 5.75 Å². The van der Waals surface area contributed by atoms with E-state index in [1.54, 1.807) is 12.3 Å². The van der Waals surface area contributed by atoms with E-state index in [1.165, 1.54) is 0 Å². The maximum Gasteiger partial charge on any atom is 0.145 e. The maximum atomic E-state index is 5.87. The van der Waals surface area contributed by atoms with Gasteiger partial charge in [0.15, 0.2) is 0 Å². The first kappa shape index (κ1) is 9.24. The van der Waals surface area contributed by atoms with Crippen LogP contribution in [-0.4, -0.2) is 24.3 Å². The van der Waals surface area contributed by atoms with Gasteiger partial charge in [0.1, 0.15) is 21.5 Å². The summed E-state index contributed by atoms with van der Waals surface area (Å²) in [7, 11) is 0. The molecule has 70 valence electrons. The quantitative estimate of drug-likeness (QED) is 0.768. The molecule has 0 aliphatic carbocycles. The van der Waals surface area contributed by atoms with Crippen molar-refractivity contribution in [1.82, 2.24) is 4.98 Å². The molecular weight excluding hydrogens is 257 g/mol. The Morgan fingerprint density at radius 2 is 2.38 bits per heavy atom. The van der Waals surface area contributed by atoms with Crippen molar-refractivity contribution in [3.8, 4) is 5.75 Å². The van der Waals surface area contributed by atoms with Crippen molar-refractivity contribution in [3.63, 3.8) is 0 Å². The van der Waals surface area contributed by atoms with Crippen molar-refractivity contribution in [3.05, 3.63) is 21.9 Å². The van der Waals surface area contributed by atoms with E-state index in [0.29, 0.717) is 28.6 Å². The van der Waals surface area contributed by atoms with Crippen molar-refractivity contribution < 1.29 is 9.47 Å². The average Bonchev–Trinajstić information content (AvgIpc) is 2.03. The van der Waals surface area contributed by atoms with Crippen LogP contribution in [0.3, 0.4) is 0 Å². The normalized spacial score (nSPS) is 16.8. The third-order valence-electron chi connectivity index (χ3n) is 1.69. The van der Waals surface area contributed by atoms with E-state index < -0.39 is 0 Å². The highest BCUT2D eigenvalue weighted by atomic mass is 79.9. The minimum absolute atomic E-state index is 0.131. The van der Waals surface area contributed by atoms with E-state index in [9.17, 15) is 0 Å². The van der Waals surface area contributed by atoms with Gasteiger partial charge in [-0.1, -0.05) is 11.6 Å². The Balaban J connectivity index is 2.13. The molecule has 13 heavy (non-hydrogen) atoms. The fraction of sp³-hybridized carbons (Fsp3) is 0.375. The number of pyridine rings is 1. The van der Waals surface area contributed by atoms with Gasteiger partial charge in [0, 0.05) is 6.07 Å². The lowest BCUT2D eigenvalue weighted by Crippen LogP contribution is -2.38. The summed E-state index contributed by atoms with van der Waals surface area (Å²) in [4.78, 5) is 3.96. The van der Waals surface area contributed by atoms with Gasteiger partial charge in [0.2, 0.25) is 0 Å². The van der Waals surface area contributed by atoms with E-state index >= 15 is 0 Å². The van der Waals surface area contributed by atoms with E-state index in [-0.39, 0.29) is 6.10 Å². The molecule has 0 radical (unpaired) electrons. The summed E-state index contributed by atoms with van der Waals surface area (Å²) in [6, 6.07) is 1.75. The molecule has 5 heteroatoms. The molecule has 0 unspecified atom stereocenters. The highest BCUT2D eigenvalue weighted by molar-refractivity contribution is 9.10. The Bertz CT molecular complexity index is 317. The molecule has 2 heterocycles. The molecule has 3 nitrogen and oxygen atoms in total. The number of ether oxygens (including phenoxy) is 2. The Kier molecular flexibility index (Phi) is 2.71. The molecule has 1 aromatic heterocycles. The number of hydrogen-bond acceptors (Lipinski definition) is 3. The third kappa shape index (κ3) is 2.13. The second-order valence-corrected chi connectivity index (χ2v) is 3.93. The summed E-state index contributed by atoms with van der Waals surface area (Å²) in [5, 5.41) is 0.523. The molecule has 0 bridgehead atoms. The summed E-state index contributed by atoms with van der Waals surface area (Å²) >= 11 is 9.12. The Labute approximate surface area is 89.1 Å². The molecule has 0 amide bonds. The smallest absolute Gasteiger partial charge is 0.145 e. The maximum absolute atomic E-state index is 5.87. The van der Waals surface area contributed by atoms with E-state index in [2.05, 4.69) is 20.9 Å². The molecule has 0 N–H and O–H groups in total. The first-order valence-corrected chi connectivity index (χ1v) is 4.98. The fourth-order valence-electron chi connectivity index (χ4n) is 0.948. The van der Waals surface area contributed by atoms with Crippen LogP contribution >= 0.6 is 27.5 Å². The van der Waals surface area contributed by atoms with Crippen LogP contribution in [-0.2, 0) is 4.74 Å². The molecule has 1 fully saturated rings. The van der Waals surface area contributed by atoms with Crippen molar-refractivity contribution in [2.45, 2.75) is 6.10 Å². The average molecular weight is 265 g/mol. The lowest BCUT2D eigenvalue weighted by atomic mass is 10.3. The molecule has 0 atom stereocenters. The standard InChI is InChI=1S/C8H7BrClNO2/c9-8-1-7(6(10)2-11-8)13-5-3-12-4-5/h1-2,5H,3-4H2. The number of hydrogen-bond donors (Lipinski definition) is 0. The van der Waals surface area contributed by atoms with Crippen LogP contribution in [0.25, 0.3) is 0 Å². The molecule has 1 saturated heterocycles. The van der Waals surface area contributed by atoms with E-state index in [4.69, 9.17) is 21.1 Å². The van der Waals surface area contributed by atoms with Gasteiger partial charge in [-0.2, -0.15) is 0 Å². The Morgan fingerprint density at radius 1 is 1.62 bits per heavy atom. The van der Waals surface area contributed by atoms with Crippen LogP contribution in [0.15, 0.2) is 16.9 Å². The molecule has 1 aliphatic heterocycles. The minimum Gasteiger partial charge on any atom is -0.484 e. The van der Waals surface area contributed by atoms with Gasteiger partial charge in [-0.25, -0.2) is 4.98 Å². The molecule has 0 aromatic carbocycles. The van der Waals surface area contributed by atoms with Crippen molar-refractivity contribution in [2.75, 3.05) is 13.2 Å². The molecule has 2 rings (SSSR count). The van der Waals surface area contributed by atoms with Gasteiger partial charge >= 0.3 is 0 Å². The topological polar surface area (TPSA) is 31.4 Å². The first-order chi connectivity index (χ1) is 6.25. The summed E-state index contributed by atoms with van der Waals surface area (Å²) in [6.07, 6.45) is 1.69. The molecule has 1 aliphatic rings. The molecule has 1 aromatic rings. The Hall–Kier alpha value is -0.320. The zero-order chi connectivity index (χ0) is 9.26. The molecular formula is C8H7BrClNO2. The van der Waals surface area contributed by atoms with E-state index in [1.807, 2.05) is 0 Å². The predicted octanol–water partition coefficient (Wildman–Crippen LogP) is 2.28. The molecule has 0 spiro atoms. The largest absolute Gasteiger partial charge is 0.484 e. The highest BCUT2D eigenvalue weighted by Gasteiger charge is 2.21. The van der Waals surface area contributed by atoms with Crippen molar-refractivity contribution >= 4 is 27.5 Å². The zero-order valence-electron chi connectivity index (χ0n) is 6.67.